The predicted molar refractivity (Wildman–Crippen MR) is 65.2 cm³/mol. The minimum atomic E-state index is -0.00192. The molecular formula is C12H18N4. The van der Waals surface area contributed by atoms with E-state index in [4.69, 9.17) is 5.73 Å². The highest BCUT2D eigenvalue weighted by atomic mass is 15.0. The van der Waals surface area contributed by atoms with Gasteiger partial charge in [-0.3, -0.25) is 0 Å². The Hall–Kier alpha value is -1.42. The molecule has 0 aliphatic heterocycles. The van der Waals surface area contributed by atoms with Crippen LogP contribution in [0, 0.1) is 6.92 Å². The van der Waals surface area contributed by atoms with Crippen LogP contribution in [0.4, 0.5) is 0 Å². The maximum Gasteiger partial charge on any atom is 0.141 e. The first-order chi connectivity index (χ1) is 7.43. The van der Waals surface area contributed by atoms with Gasteiger partial charge in [-0.2, -0.15) is 0 Å². The van der Waals surface area contributed by atoms with Crippen molar-refractivity contribution in [3.8, 4) is 0 Å². The molecule has 2 aromatic rings. The van der Waals surface area contributed by atoms with Gasteiger partial charge in [0.2, 0.25) is 0 Å². The molecule has 0 spiro atoms. The summed E-state index contributed by atoms with van der Waals surface area (Å²) in [5.74, 6) is 0.794. The van der Waals surface area contributed by atoms with Gasteiger partial charge in [0, 0.05) is 23.5 Å². The van der Waals surface area contributed by atoms with Crippen LogP contribution in [-0.2, 0) is 12.0 Å². The molecule has 2 rings (SSSR count). The average Bonchev–Trinajstić information content (AvgIpc) is 2.57. The molecule has 16 heavy (non-hydrogen) atoms. The topological polar surface area (TPSA) is 67.6 Å². The summed E-state index contributed by atoms with van der Waals surface area (Å²) in [5.41, 5.74) is 8.77. The molecule has 0 saturated carbocycles. The Morgan fingerprint density at radius 2 is 2.00 bits per heavy atom. The fraction of sp³-hybridized carbons (Fsp3) is 0.500. The smallest absolute Gasteiger partial charge is 0.141 e. The van der Waals surface area contributed by atoms with Crippen molar-refractivity contribution in [3.05, 3.63) is 23.3 Å². The van der Waals surface area contributed by atoms with Crippen molar-refractivity contribution in [1.29, 1.82) is 0 Å². The van der Waals surface area contributed by atoms with Crippen LogP contribution in [-0.4, -0.2) is 15.0 Å². The van der Waals surface area contributed by atoms with Crippen LogP contribution in [0.2, 0.25) is 0 Å². The summed E-state index contributed by atoms with van der Waals surface area (Å²) in [6.45, 7) is 8.89. The van der Waals surface area contributed by atoms with E-state index in [-0.39, 0.29) is 5.41 Å². The number of nitrogens with zero attached hydrogens (tertiary/aromatic N) is 2. The standard InChI is InChI=1S/C12H18N4/c1-7-15-10(12(2,3)4)9-8(5-13)6-14-11(9)16-7/h6H,5,13H2,1-4H3,(H,14,15,16). The Morgan fingerprint density at radius 1 is 1.31 bits per heavy atom. The van der Waals surface area contributed by atoms with Crippen LogP contribution >= 0.6 is 0 Å². The van der Waals surface area contributed by atoms with Gasteiger partial charge < -0.3 is 10.7 Å². The monoisotopic (exact) mass is 218 g/mol. The number of aryl methyl sites for hydroxylation is 1. The Morgan fingerprint density at radius 3 is 2.56 bits per heavy atom. The molecule has 0 fully saturated rings. The number of nitrogens with one attached hydrogen (secondary N) is 1. The zero-order valence-electron chi connectivity index (χ0n) is 10.3. The van der Waals surface area contributed by atoms with E-state index >= 15 is 0 Å². The summed E-state index contributed by atoms with van der Waals surface area (Å²) in [6, 6.07) is 0. The highest BCUT2D eigenvalue weighted by Crippen LogP contribution is 2.29. The number of fused-ring (bicyclic) bond motifs is 1. The summed E-state index contributed by atoms with van der Waals surface area (Å²) in [6.07, 6.45) is 1.92. The molecule has 3 N–H and O–H groups in total. The van der Waals surface area contributed by atoms with Gasteiger partial charge in [0.25, 0.3) is 0 Å². The highest BCUT2D eigenvalue weighted by molar-refractivity contribution is 5.83. The summed E-state index contributed by atoms with van der Waals surface area (Å²) >= 11 is 0. The molecule has 2 heterocycles. The van der Waals surface area contributed by atoms with Crippen molar-refractivity contribution in [2.24, 2.45) is 5.73 Å². The van der Waals surface area contributed by atoms with Crippen molar-refractivity contribution in [2.75, 3.05) is 0 Å². The minimum Gasteiger partial charge on any atom is -0.346 e. The zero-order valence-corrected chi connectivity index (χ0v) is 10.3. The molecule has 0 bridgehead atoms. The van der Waals surface area contributed by atoms with Crippen molar-refractivity contribution in [2.45, 2.75) is 39.7 Å². The number of aromatic amines is 1. The quantitative estimate of drug-likeness (QED) is 0.769. The molecule has 0 aromatic carbocycles. The fourth-order valence-corrected chi connectivity index (χ4v) is 1.91. The second-order valence-electron chi connectivity index (χ2n) is 5.11. The summed E-state index contributed by atoms with van der Waals surface area (Å²) in [7, 11) is 0. The molecule has 0 unspecified atom stereocenters. The molecule has 0 aliphatic carbocycles. The maximum atomic E-state index is 5.74. The zero-order chi connectivity index (χ0) is 11.9. The van der Waals surface area contributed by atoms with Gasteiger partial charge in [-0.05, 0) is 12.5 Å². The van der Waals surface area contributed by atoms with Crippen molar-refractivity contribution < 1.29 is 0 Å². The molecule has 0 saturated heterocycles. The number of H-pyrrole nitrogens is 1. The largest absolute Gasteiger partial charge is 0.346 e. The predicted octanol–water partition coefficient (Wildman–Crippen LogP) is 2.02. The SMILES string of the molecule is Cc1nc(C(C)(C)C)c2c(CN)c[nH]c2n1. The second-order valence-corrected chi connectivity index (χ2v) is 5.11. The van der Waals surface area contributed by atoms with Gasteiger partial charge >= 0.3 is 0 Å². The Balaban J connectivity index is 2.83. The van der Waals surface area contributed by atoms with Gasteiger partial charge in [-0.25, -0.2) is 9.97 Å². The fourth-order valence-electron chi connectivity index (χ4n) is 1.91. The second kappa shape index (κ2) is 3.56. The first-order valence-corrected chi connectivity index (χ1v) is 5.48. The van der Waals surface area contributed by atoms with Crippen LogP contribution in [0.5, 0.6) is 0 Å². The van der Waals surface area contributed by atoms with Crippen molar-refractivity contribution in [3.63, 3.8) is 0 Å². The third-order valence-electron chi connectivity index (χ3n) is 2.66. The van der Waals surface area contributed by atoms with E-state index in [1.807, 2.05) is 13.1 Å². The van der Waals surface area contributed by atoms with Gasteiger partial charge in [-0.1, -0.05) is 20.8 Å². The molecule has 0 atom stereocenters. The average molecular weight is 218 g/mol. The van der Waals surface area contributed by atoms with Gasteiger partial charge in [-0.15, -0.1) is 0 Å². The lowest BCUT2D eigenvalue weighted by Gasteiger charge is -2.19. The molecular weight excluding hydrogens is 200 g/mol. The van der Waals surface area contributed by atoms with Gasteiger partial charge in [0.05, 0.1) is 5.69 Å². The molecule has 86 valence electrons. The highest BCUT2D eigenvalue weighted by Gasteiger charge is 2.22. The number of nitrogens with two attached hydrogens (primary N) is 1. The van der Waals surface area contributed by atoms with Crippen LogP contribution in [0.3, 0.4) is 0 Å². The van der Waals surface area contributed by atoms with Gasteiger partial charge in [0.1, 0.15) is 11.5 Å². The lowest BCUT2D eigenvalue weighted by molar-refractivity contribution is 0.571. The van der Waals surface area contributed by atoms with Crippen LogP contribution in [0.1, 0.15) is 37.9 Å². The van der Waals surface area contributed by atoms with Crippen LogP contribution < -0.4 is 5.73 Å². The van der Waals surface area contributed by atoms with Gasteiger partial charge in [0.15, 0.2) is 0 Å². The van der Waals surface area contributed by atoms with E-state index in [0.29, 0.717) is 6.54 Å². The third-order valence-corrected chi connectivity index (χ3v) is 2.66. The first kappa shape index (κ1) is 11.1. The molecule has 0 aliphatic rings. The normalized spacial score (nSPS) is 12.3. The molecule has 2 aromatic heterocycles. The Bertz CT molecular complexity index is 520. The summed E-state index contributed by atoms with van der Waals surface area (Å²) in [5, 5.41) is 1.08. The maximum absolute atomic E-state index is 5.74. The number of rotatable bonds is 1. The third kappa shape index (κ3) is 1.69. The Labute approximate surface area is 95.3 Å². The van der Waals surface area contributed by atoms with E-state index in [1.54, 1.807) is 0 Å². The minimum absolute atomic E-state index is 0.00192. The lowest BCUT2D eigenvalue weighted by Crippen LogP contribution is -2.16. The Kier molecular flexibility index (Phi) is 2.46. The van der Waals surface area contributed by atoms with E-state index in [1.165, 1.54) is 0 Å². The number of aromatic nitrogens is 3. The molecule has 0 amide bonds. The summed E-state index contributed by atoms with van der Waals surface area (Å²) in [4.78, 5) is 12.1. The number of hydrogen-bond acceptors (Lipinski definition) is 3. The number of hydrogen-bond donors (Lipinski definition) is 2. The van der Waals surface area contributed by atoms with Crippen molar-refractivity contribution in [1.82, 2.24) is 15.0 Å². The lowest BCUT2D eigenvalue weighted by atomic mass is 9.89. The van der Waals surface area contributed by atoms with E-state index in [2.05, 4.69) is 35.7 Å². The van der Waals surface area contributed by atoms with Crippen LogP contribution in [0.25, 0.3) is 11.0 Å². The van der Waals surface area contributed by atoms with Crippen molar-refractivity contribution >= 4 is 11.0 Å². The van der Waals surface area contributed by atoms with E-state index in [9.17, 15) is 0 Å². The molecule has 4 heteroatoms. The van der Waals surface area contributed by atoms with Crippen LogP contribution in [0.15, 0.2) is 6.20 Å². The first-order valence-electron chi connectivity index (χ1n) is 5.48. The van der Waals surface area contributed by atoms with E-state index < -0.39 is 0 Å². The van der Waals surface area contributed by atoms with E-state index in [0.717, 1.165) is 28.1 Å². The molecule has 4 nitrogen and oxygen atoms in total. The summed E-state index contributed by atoms with van der Waals surface area (Å²) < 4.78 is 0. The molecule has 0 radical (unpaired) electrons.